The van der Waals surface area contributed by atoms with Crippen molar-refractivity contribution in [2.24, 2.45) is 5.92 Å². The van der Waals surface area contributed by atoms with Crippen LogP contribution in [0.3, 0.4) is 0 Å². The molecule has 2 rings (SSSR count). The molecule has 0 radical (unpaired) electrons. The highest BCUT2D eigenvalue weighted by Crippen LogP contribution is 2.13. The molecule has 0 saturated carbocycles. The maximum Gasteiger partial charge on any atom is 0.224 e. The molecule has 2 aliphatic rings. The van der Waals surface area contributed by atoms with Crippen LogP contribution in [0.1, 0.15) is 19.3 Å². The predicted molar refractivity (Wildman–Crippen MR) is 75.1 cm³/mol. The van der Waals surface area contributed by atoms with E-state index in [0.29, 0.717) is 13.0 Å². The van der Waals surface area contributed by atoms with Gasteiger partial charge < -0.3 is 15.0 Å². The van der Waals surface area contributed by atoms with Crippen LogP contribution in [0, 0.1) is 5.92 Å². The number of hydrogen-bond acceptors (Lipinski definition) is 4. The fourth-order valence-electron chi connectivity index (χ4n) is 2.97. The molecule has 110 valence electrons. The standard InChI is InChI=1S/C14H27N3O2/c1-19-10-4-14(18)17-8-6-16(7-9-17)12-13-3-2-5-15-11-13/h13,15H,2-12H2,1H3. The van der Waals surface area contributed by atoms with Crippen LogP contribution in [0.15, 0.2) is 0 Å². The number of nitrogens with zero attached hydrogens (tertiary/aromatic N) is 2. The molecule has 1 atom stereocenters. The molecule has 1 N–H and O–H groups in total. The molecule has 2 aliphatic heterocycles. The molecule has 1 unspecified atom stereocenters. The number of hydrogen-bond donors (Lipinski definition) is 1. The van der Waals surface area contributed by atoms with E-state index in [1.807, 2.05) is 4.90 Å². The molecule has 0 aliphatic carbocycles. The minimum atomic E-state index is 0.237. The highest BCUT2D eigenvalue weighted by Gasteiger charge is 2.23. The van der Waals surface area contributed by atoms with Crippen molar-refractivity contribution in [2.75, 3.05) is 59.5 Å². The van der Waals surface area contributed by atoms with Gasteiger partial charge in [0.2, 0.25) is 5.91 Å². The lowest BCUT2D eigenvalue weighted by Crippen LogP contribution is -2.51. The largest absolute Gasteiger partial charge is 0.384 e. The van der Waals surface area contributed by atoms with E-state index in [-0.39, 0.29) is 5.91 Å². The second kappa shape index (κ2) is 7.82. The van der Waals surface area contributed by atoms with Gasteiger partial charge in [-0.25, -0.2) is 0 Å². The van der Waals surface area contributed by atoms with Gasteiger partial charge in [0, 0.05) is 39.8 Å². The Hall–Kier alpha value is -0.650. The van der Waals surface area contributed by atoms with Gasteiger partial charge in [-0.2, -0.15) is 0 Å². The monoisotopic (exact) mass is 269 g/mol. The molecule has 0 aromatic heterocycles. The quantitative estimate of drug-likeness (QED) is 0.772. The Balaban J connectivity index is 1.65. The second-order valence-electron chi connectivity index (χ2n) is 5.64. The van der Waals surface area contributed by atoms with E-state index in [1.165, 1.54) is 25.9 Å². The third-order valence-electron chi connectivity index (χ3n) is 4.16. The average molecular weight is 269 g/mol. The van der Waals surface area contributed by atoms with Gasteiger partial charge in [-0.1, -0.05) is 0 Å². The Morgan fingerprint density at radius 1 is 1.32 bits per heavy atom. The summed E-state index contributed by atoms with van der Waals surface area (Å²) >= 11 is 0. The number of rotatable bonds is 5. The Bertz CT molecular complexity index is 272. The summed E-state index contributed by atoms with van der Waals surface area (Å²) in [4.78, 5) is 16.4. The third-order valence-corrected chi connectivity index (χ3v) is 4.16. The van der Waals surface area contributed by atoms with Crippen LogP contribution in [0.25, 0.3) is 0 Å². The van der Waals surface area contributed by atoms with E-state index in [4.69, 9.17) is 4.74 Å². The topological polar surface area (TPSA) is 44.8 Å². The molecule has 0 spiro atoms. The lowest BCUT2D eigenvalue weighted by molar-refractivity contribution is -0.133. The van der Waals surface area contributed by atoms with Crippen molar-refractivity contribution in [1.29, 1.82) is 0 Å². The smallest absolute Gasteiger partial charge is 0.224 e. The Kier molecular flexibility index (Phi) is 6.07. The summed E-state index contributed by atoms with van der Waals surface area (Å²) in [7, 11) is 1.64. The van der Waals surface area contributed by atoms with Gasteiger partial charge >= 0.3 is 0 Å². The van der Waals surface area contributed by atoms with Gasteiger partial charge in [0.15, 0.2) is 0 Å². The lowest BCUT2D eigenvalue weighted by atomic mass is 9.99. The molecule has 0 aromatic carbocycles. The van der Waals surface area contributed by atoms with E-state index >= 15 is 0 Å². The number of amides is 1. The van der Waals surface area contributed by atoms with Gasteiger partial charge in [-0.05, 0) is 31.8 Å². The number of methoxy groups -OCH3 is 1. The van der Waals surface area contributed by atoms with Crippen LogP contribution >= 0.6 is 0 Å². The fraction of sp³-hybridized carbons (Fsp3) is 0.929. The Labute approximate surface area is 116 Å². The van der Waals surface area contributed by atoms with Gasteiger partial charge in [-0.3, -0.25) is 9.69 Å². The van der Waals surface area contributed by atoms with Crippen molar-refractivity contribution in [3.05, 3.63) is 0 Å². The van der Waals surface area contributed by atoms with Crippen molar-refractivity contribution in [2.45, 2.75) is 19.3 Å². The number of piperazine rings is 1. The van der Waals surface area contributed by atoms with E-state index in [2.05, 4.69) is 10.2 Å². The summed E-state index contributed by atoms with van der Waals surface area (Å²) in [6.07, 6.45) is 3.17. The van der Waals surface area contributed by atoms with Crippen LogP contribution in [-0.4, -0.2) is 75.2 Å². The molecule has 2 fully saturated rings. The van der Waals surface area contributed by atoms with E-state index < -0.39 is 0 Å². The van der Waals surface area contributed by atoms with Crippen molar-refractivity contribution < 1.29 is 9.53 Å². The van der Waals surface area contributed by atoms with Crippen LogP contribution in [-0.2, 0) is 9.53 Å². The first-order valence-electron chi connectivity index (χ1n) is 7.49. The maximum atomic E-state index is 11.9. The van der Waals surface area contributed by atoms with Crippen LogP contribution < -0.4 is 5.32 Å². The summed E-state index contributed by atoms with van der Waals surface area (Å²) in [5.74, 6) is 1.03. The summed E-state index contributed by atoms with van der Waals surface area (Å²) in [6, 6.07) is 0. The van der Waals surface area contributed by atoms with Crippen LogP contribution in [0.4, 0.5) is 0 Å². The average Bonchev–Trinajstić information content (AvgIpc) is 2.46. The minimum absolute atomic E-state index is 0.237. The first-order chi connectivity index (χ1) is 9.29. The highest BCUT2D eigenvalue weighted by atomic mass is 16.5. The first kappa shape index (κ1) is 14.8. The molecule has 2 heterocycles. The Morgan fingerprint density at radius 2 is 2.11 bits per heavy atom. The highest BCUT2D eigenvalue weighted by molar-refractivity contribution is 5.76. The summed E-state index contributed by atoms with van der Waals surface area (Å²) < 4.78 is 4.96. The zero-order valence-electron chi connectivity index (χ0n) is 12.1. The number of carbonyl (C=O) groups is 1. The first-order valence-corrected chi connectivity index (χ1v) is 7.49. The number of piperidine rings is 1. The van der Waals surface area contributed by atoms with E-state index in [9.17, 15) is 4.79 Å². The van der Waals surface area contributed by atoms with Crippen molar-refractivity contribution in [3.8, 4) is 0 Å². The molecule has 1 amide bonds. The SMILES string of the molecule is COCCC(=O)N1CCN(CC2CCCNC2)CC1. The van der Waals surface area contributed by atoms with Gasteiger partial charge in [-0.15, -0.1) is 0 Å². The van der Waals surface area contributed by atoms with Gasteiger partial charge in [0.05, 0.1) is 13.0 Å². The number of carbonyl (C=O) groups excluding carboxylic acids is 1. The molecule has 0 aromatic rings. The van der Waals surface area contributed by atoms with Gasteiger partial charge in [0.25, 0.3) is 0 Å². The fourth-order valence-corrected chi connectivity index (χ4v) is 2.97. The molecule has 2 saturated heterocycles. The number of nitrogens with one attached hydrogen (secondary N) is 1. The normalized spacial score (nSPS) is 25.5. The van der Waals surface area contributed by atoms with E-state index in [0.717, 1.165) is 38.6 Å². The molecular weight excluding hydrogens is 242 g/mol. The summed E-state index contributed by atoms with van der Waals surface area (Å²) in [6.45, 7) is 7.86. The molecule has 0 bridgehead atoms. The summed E-state index contributed by atoms with van der Waals surface area (Å²) in [5, 5.41) is 3.47. The van der Waals surface area contributed by atoms with Crippen LogP contribution in [0.2, 0.25) is 0 Å². The van der Waals surface area contributed by atoms with Crippen molar-refractivity contribution in [1.82, 2.24) is 15.1 Å². The zero-order chi connectivity index (χ0) is 13.5. The minimum Gasteiger partial charge on any atom is -0.384 e. The number of ether oxygens (including phenoxy) is 1. The maximum absolute atomic E-state index is 11.9. The van der Waals surface area contributed by atoms with Crippen molar-refractivity contribution >= 4 is 5.91 Å². The lowest BCUT2D eigenvalue weighted by Gasteiger charge is -2.37. The second-order valence-corrected chi connectivity index (χ2v) is 5.64. The zero-order valence-corrected chi connectivity index (χ0v) is 12.1. The molecule has 5 nitrogen and oxygen atoms in total. The molecular formula is C14H27N3O2. The Morgan fingerprint density at radius 3 is 2.74 bits per heavy atom. The van der Waals surface area contributed by atoms with Gasteiger partial charge in [0.1, 0.15) is 0 Å². The van der Waals surface area contributed by atoms with Crippen molar-refractivity contribution in [3.63, 3.8) is 0 Å². The molecule has 5 heteroatoms. The summed E-state index contributed by atoms with van der Waals surface area (Å²) in [5.41, 5.74) is 0. The molecule has 19 heavy (non-hydrogen) atoms. The third kappa shape index (κ3) is 4.75. The van der Waals surface area contributed by atoms with Crippen LogP contribution in [0.5, 0.6) is 0 Å². The van der Waals surface area contributed by atoms with E-state index in [1.54, 1.807) is 7.11 Å². The predicted octanol–water partition coefficient (Wildman–Crippen LogP) is 0.167.